The van der Waals surface area contributed by atoms with Crippen LogP contribution < -0.4 is 5.32 Å². The van der Waals surface area contributed by atoms with E-state index in [-0.39, 0.29) is 11.8 Å². The standard InChI is InChI=1S/C22H25N3O3S2/c1-3-16-5-4-6-19-20(16)23-22(29-19)24-21(26)17-11-13-25(14-12-17)30(27,28)18-9-7-15(2)8-10-18/h4-10,17H,3,11-14H2,1-2H3,(H,23,24,26). The summed E-state index contributed by atoms with van der Waals surface area (Å²) in [6.45, 7) is 4.70. The average Bonchev–Trinajstić information content (AvgIpc) is 3.16. The van der Waals surface area contributed by atoms with Gasteiger partial charge in [-0.15, -0.1) is 0 Å². The first kappa shape index (κ1) is 21.0. The van der Waals surface area contributed by atoms with Gasteiger partial charge >= 0.3 is 0 Å². The van der Waals surface area contributed by atoms with E-state index in [2.05, 4.69) is 23.3 Å². The fourth-order valence-electron chi connectivity index (χ4n) is 3.77. The molecule has 0 radical (unpaired) electrons. The molecule has 0 unspecified atom stereocenters. The Morgan fingerprint density at radius 3 is 2.53 bits per heavy atom. The van der Waals surface area contributed by atoms with Gasteiger partial charge in [-0.25, -0.2) is 13.4 Å². The highest BCUT2D eigenvalue weighted by Crippen LogP contribution is 2.30. The van der Waals surface area contributed by atoms with Crippen molar-refractivity contribution in [3.8, 4) is 0 Å². The topological polar surface area (TPSA) is 79.4 Å². The number of aromatic nitrogens is 1. The molecule has 6 nitrogen and oxygen atoms in total. The number of fused-ring (bicyclic) bond motifs is 1. The highest BCUT2D eigenvalue weighted by Gasteiger charge is 2.32. The van der Waals surface area contributed by atoms with E-state index in [9.17, 15) is 13.2 Å². The SMILES string of the molecule is CCc1cccc2sc(NC(=O)C3CCN(S(=O)(=O)c4ccc(C)cc4)CC3)nc12. The Hall–Kier alpha value is -2.29. The number of rotatable bonds is 5. The minimum Gasteiger partial charge on any atom is -0.302 e. The van der Waals surface area contributed by atoms with Crippen molar-refractivity contribution in [3.05, 3.63) is 53.6 Å². The van der Waals surface area contributed by atoms with E-state index in [0.29, 0.717) is 36.0 Å². The van der Waals surface area contributed by atoms with Crippen LogP contribution in [0.1, 0.15) is 30.9 Å². The van der Waals surface area contributed by atoms with Gasteiger partial charge in [0.05, 0.1) is 15.1 Å². The van der Waals surface area contributed by atoms with Crippen LogP contribution in [0.2, 0.25) is 0 Å². The smallest absolute Gasteiger partial charge is 0.243 e. The van der Waals surface area contributed by atoms with Crippen molar-refractivity contribution in [2.75, 3.05) is 18.4 Å². The molecule has 0 aliphatic carbocycles. The molecule has 1 aliphatic rings. The Morgan fingerprint density at radius 2 is 1.87 bits per heavy atom. The van der Waals surface area contributed by atoms with Crippen LogP contribution in [0.25, 0.3) is 10.2 Å². The fraction of sp³-hybridized carbons (Fsp3) is 0.364. The van der Waals surface area contributed by atoms with Crippen LogP contribution in [-0.4, -0.2) is 36.7 Å². The summed E-state index contributed by atoms with van der Waals surface area (Å²) < 4.78 is 28.2. The maximum atomic E-state index is 12.8. The summed E-state index contributed by atoms with van der Waals surface area (Å²) in [6.07, 6.45) is 1.90. The molecule has 1 aliphatic heterocycles. The first-order valence-electron chi connectivity index (χ1n) is 10.1. The molecule has 8 heteroatoms. The van der Waals surface area contributed by atoms with Gasteiger partial charge in [0.15, 0.2) is 5.13 Å². The van der Waals surface area contributed by atoms with E-state index in [4.69, 9.17) is 0 Å². The Morgan fingerprint density at radius 1 is 1.17 bits per heavy atom. The molecule has 158 valence electrons. The number of hydrogen-bond donors (Lipinski definition) is 1. The molecule has 1 N–H and O–H groups in total. The fourth-order valence-corrected chi connectivity index (χ4v) is 6.16. The maximum Gasteiger partial charge on any atom is 0.243 e. The maximum absolute atomic E-state index is 12.8. The van der Waals surface area contributed by atoms with Crippen molar-refractivity contribution in [3.63, 3.8) is 0 Å². The molecular weight excluding hydrogens is 418 g/mol. The summed E-state index contributed by atoms with van der Waals surface area (Å²) in [5.41, 5.74) is 3.13. The van der Waals surface area contributed by atoms with Crippen LogP contribution >= 0.6 is 11.3 Å². The molecule has 1 saturated heterocycles. The van der Waals surface area contributed by atoms with Crippen LogP contribution in [0, 0.1) is 12.8 Å². The van der Waals surface area contributed by atoms with Gasteiger partial charge in [-0.2, -0.15) is 4.31 Å². The lowest BCUT2D eigenvalue weighted by atomic mass is 9.97. The lowest BCUT2D eigenvalue weighted by Gasteiger charge is -2.30. The third-order valence-electron chi connectivity index (χ3n) is 5.60. The molecule has 0 saturated carbocycles. The van der Waals surface area contributed by atoms with E-state index < -0.39 is 10.0 Å². The lowest BCUT2D eigenvalue weighted by molar-refractivity contribution is -0.120. The first-order valence-corrected chi connectivity index (χ1v) is 12.4. The number of thiazole rings is 1. The normalized spacial score (nSPS) is 16.1. The number of para-hydroxylation sites is 1. The van der Waals surface area contributed by atoms with Crippen molar-refractivity contribution in [1.29, 1.82) is 0 Å². The van der Waals surface area contributed by atoms with Crippen LogP contribution in [0.4, 0.5) is 5.13 Å². The van der Waals surface area contributed by atoms with Gasteiger partial charge in [-0.1, -0.05) is 48.1 Å². The molecule has 0 spiro atoms. The molecule has 1 aromatic heterocycles. The molecular formula is C22H25N3O3S2. The summed E-state index contributed by atoms with van der Waals surface area (Å²) >= 11 is 1.47. The van der Waals surface area contributed by atoms with Gasteiger partial charge in [-0.05, 0) is 49.9 Å². The zero-order valence-electron chi connectivity index (χ0n) is 17.1. The number of carbonyl (C=O) groups is 1. The Balaban J connectivity index is 1.40. The summed E-state index contributed by atoms with van der Waals surface area (Å²) in [6, 6.07) is 13.0. The zero-order chi connectivity index (χ0) is 21.3. The average molecular weight is 444 g/mol. The Labute approximate surface area is 181 Å². The Kier molecular flexibility index (Phi) is 5.90. The molecule has 0 atom stereocenters. The lowest BCUT2D eigenvalue weighted by Crippen LogP contribution is -2.41. The second-order valence-electron chi connectivity index (χ2n) is 7.62. The number of carbonyl (C=O) groups excluding carboxylic acids is 1. The van der Waals surface area contributed by atoms with Crippen LogP contribution in [0.15, 0.2) is 47.4 Å². The summed E-state index contributed by atoms with van der Waals surface area (Å²) in [7, 11) is -3.52. The van der Waals surface area contributed by atoms with Crippen molar-refractivity contribution in [1.82, 2.24) is 9.29 Å². The number of aryl methyl sites for hydroxylation is 2. The number of anilines is 1. The van der Waals surface area contributed by atoms with Gasteiger partial charge in [-0.3, -0.25) is 4.79 Å². The van der Waals surface area contributed by atoms with Gasteiger partial charge in [0.2, 0.25) is 15.9 Å². The zero-order valence-corrected chi connectivity index (χ0v) is 18.7. The van der Waals surface area contributed by atoms with E-state index in [1.54, 1.807) is 24.3 Å². The predicted octanol–water partition coefficient (Wildman–Crippen LogP) is 4.21. The number of hydrogen-bond acceptors (Lipinski definition) is 5. The van der Waals surface area contributed by atoms with E-state index in [1.807, 2.05) is 19.1 Å². The van der Waals surface area contributed by atoms with Gasteiger partial charge in [0.25, 0.3) is 0 Å². The van der Waals surface area contributed by atoms with Crippen molar-refractivity contribution in [2.45, 2.75) is 38.0 Å². The van der Waals surface area contributed by atoms with Crippen LogP contribution in [0.3, 0.4) is 0 Å². The second kappa shape index (κ2) is 8.45. The van der Waals surface area contributed by atoms with E-state index >= 15 is 0 Å². The number of amides is 1. The minimum absolute atomic E-state index is 0.0838. The van der Waals surface area contributed by atoms with Crippen molar-refractivity contribution < 1.29 is 13.2 Å². The molecule has 3 aromatic rings. The van der Waals surface area contributed by atoms with Crippen LogP contribution in [-0.2, 0) is 21.2 Å². The summed E-state index contributed by atoms with van der Waals surface area (Å²) in [5.74, 6) is -0.299. The third kappa shape index (κ3) is 4.12. The molecule has 30 heavy (non-hydrogen) atoms. The number of nitrogens with one attached hydrogen (secondary N) is 1. The van der Waals surface area contributed by atoms with Crippen molar-refractivity contribution >= 4 is 42.6 Å². The van der Waals surface area contributed by atoms with E-state index in [1.165, 1.54) is 21.2 Å². The molecule has 0 bridgehead atoms. The highest BCUT2D eigenvalue weighted by atomic mass is 32.2. The molecule has 2 heterocycles. The molecule has 1 amide bonds. The number of benzene rings is 2. The van der Waals surface area contributed by atoms with Crippen LogP contribution in [0.5, 0.6) is 0 Å². The largest absolute Gasteiger partial charge is 0.302 e. The molecule has 1 fully saturated rings. The highest BCUT2D eigenvalue weighted by molar-refractivity contribution is 7.89. The number of nitrogens with zero attached hydrogens (tertiary/aromatic N) is 2. The van der Waals surface area contributed by atoms with E-state index in [0.717, 1.165) is 22.2 Å². The molecule has 4 rings (SSSR count). The third-order valence-corrected chi connectivity index (χ3v) is 8.45. The summed E-state index contributed by atoms with van der Waals surface area (Å²) in [5, 5.41) is 3.55. The number of piperidine rings is 1. The van der Waals surface area contributed by atoms with Gasteiger partial charge < -0.3 is 5.32 Å². The predicted molar refractivity (Wildman–Crippen MR) is 120 cm³/mol. The van der Waals surface area contributed by atoms with Crippen molar-refractivity contribution in [2.24, 2.45) is 5.92 Å². The summed E-state index contributed by atoms with van der Waals surface area (Å²) in [4.78, 5) is 17.7. The minimum atomic E-state index is -3.52. The van der Waals surface area contributed by atoms with Gasteiger partial charge in [0.1, 0.15) is 0 Å². The number of sulfonamides is 1. The molecule has 2 aromatic carbocycles. The monoisotopic (exact) mass is 443 g/mol. The quantitative estimate of drug-likeness (QED) is 0.641. The second-order valence-corrected chi connectivity index (χ2v) is 10.6. The Bertz CT molecular complexity index is 1160. The van der Waals surface area contributed by atoms with Gasteiger partial charge in [0, 0.05) is 19.0 Å². The first-order chi connectivity index (χ1) is 14.4.